The number of halogens is 2. The number of sulfonamides is 1. The van der Waals surface area contributed by atoms with Gasteiger partial charge >= 0.3 is 0 Å². The van der Waals surface area contributed by atoms with Gasteiger partial charge in [-0.05, 0) is 54.8 Å². The molecule has 0 saturated carbocycles. The van der Waals surface area contributed by atoms with Crippen LogP contribution in [0, 0.1) is 6.92 Å². The average Bonchev–Trinajstić information content (AvgIpc) is 2.87. The molecular formula is C28H31Cl2N3O4S. The van der Waals surface area contributed by atoms with Crippen LogP contribution in [0.2, 0.25) is 10.0 Å². The third-order valence-electron chi connectivity index (χ3n) is 6.01. The van der Waals surface area contributed by atoms with E-state index in [-0.39, 0.29) is 18.9 Å². The van der Waals surface area contributed by atoms with Gasteiger partial charge in [-0.15, -0.1) is 0 Å². The number of hydrogen-bond acceptors (Lipinski definition) is 4. The molecule has 7 nitrogen and oxygen atoms in total. The molecule has 0 fully saturated rings. The minimum absolute atomic E-state index is 0.0801. The topological polar surface area (TPSA) is 86.8 Å². The van der Waals surface area contributed by atoms with Gasteiger partial charge in [0, 0.05) is 29.6 Å². The lowest BCUT2D eigenvalue weighted by Crippen LogP contribution is -2.53. The Balaban J connectivity index is 2.06. The molecule has 10 heteroatoms. The summed E-state index contributed by atoms with van der Waals surface area (Å²) >= 11 is 12.2. The Hall–Kier alpha value is -3.07. The van der Waals surface area contributed by atoms with Gasteiger partial charge in [0.1, 0.15) is 12.6 Å². The van der Waals surface area contributed by atoms with E-state index in [0.717, 1.165) is 21.7 Å². The van der Waals surface area contributed by atoms with Crippen molar-refractivity contribution in [3.8, 4) is 0 Å². The number of nitrogens with one attached hydrogen (secondary N) is 1. The van der Waals surface area contributed by atoms with Crippen molar-refractivity contribution >= 4 is 50.7 Å². The molecular weight excluding hydrogens is 545 g/mol. The maximum absolute atomic E-state index is 14.0. The summed E-state index contributed by atoms with van der Waals surface area (Å²) in [5.41, 5.74) is 2.55. The van der Waals surface area contributed by atoms with E-state index >= 15 is 0 Å². The number of hydrogen-bond donors (Lipinski definition) is 1. The fraction of sp³-hybridized carbons (Fsp3) is 0.286. The van der Waals surface area contributed by atoms with E-state index in [1.54, 1.807) is 50.2 Å². The molecule has 3 aromatic rings. The molecule has 3 rings (SSSR count). The normalized spacial score (nSPS) is 12.0. The van der Waals surface area contributed by atoms with Gasteiger partial charge in [-0.2, -0.15) is 0 Å². The number of carbonyl (C=O) groups excluding carboxylic acids is 2. The van der Waals surface area contributed by atoms with Gasteiger partial charge in [0.15, 0.2) is 0 Å². The third kappa shape index (κ3) is 7.96. The zero-order valence-corrected chi connectivity index (χ0v) is 23.9. The van der Waals surface area contributed by atoms with Crippen molar-refractivity contribution in [1.82, 2.24) is 10.2 Å². The highest BCUT2D eigenvalue weighted by molar-refractivity contribution is 7.92. The van der Waals surface area contributed by atoms with Crippen molar-refractivity contribution in [1.29, 1.82) is 0 Å². The highest BCUT2D eigenvalue weighted by Gasteiger charge is 2.33. The zero-order valence-electron chi connectivity index (χ0n) is 21.5. The number of aryl methyl sites for hydroxylation is 1. The summed E-state index contributed by atoms with van der Waals surface area (Å²) in [7, 11) is -3.87. The Labute approximate surface area is 234 Å². The second-order valence-corrected chi connectivity index (χ2v) is 11.7. The standard InChI is InChI=1S/C28H31Cl2N3O4S/c1-4-31-28(35)26(16-21-8-6-5-7-9-21)32(18-22-11-14-23(29)15-12-22)27(34)19-33(38(3,36)37)25-17-24(30)13-10-20(25)2/h5-15,17,26H,4,16,18-19H2,1-3H3,(H,31,35)/t26-/m0/s1. The first-order valence-electron chi connectivity index (χ1n) is 12.1. The zero-order chi connectivity index (χ0) is 27.9. The molecule has 0 spiro atoms. The summed E-state index contributed by atoms with van der Waals surface area (Å²) in [5, 5.41) is 3.70. The smallest absolute Gasteiger partial charge is 0.244 e. The number of anilines is 1. The molecule has 0 radical (unpaired) electrons. The first-order chi connectivity index (χ1) is 18.0. The van der Waals surface area contributed by atoms with Crippen molar-refractivity contribution in [3.05, 3.63) is 99.5 Å². The van der Waals surface area contributed by atoms with Crippen LogP contribution in [0.25, 0.3) is 0 Å². The molecule has 2 amide bonds. The summed E-state index contributed by atoms with van der Waals surface area (Å²) in [5.74, 6) is -0.861. The van der Waals surface area contributed by atoms with Crippen LogP contribution < -0.4 is 9.62 Å². The summed E-state index contributed by atoms with van der Waals surface area (Å²) in [6.07, 6.45) is 1.29. The third-order valence-corrected chi connectivity index (χ3v) is 7.62. The molecule has 1 N–H and O–H groups in total. The van der Waals surface area contributed by atoms with Crippen LogP contribution in [0.1, 0.15) is 23.6 Å². The van der Waals surface area contributed by atoms with Crippen LogP contribution in [0.15, 0.2) is 72.8 Å². The molecule has 0 aromatic heterocycles. The van der Waals surface area contributed by atoms with E-state index in [1.807, 2.05) is 30.3 Å². The molecule has 0 unspecified atom stereocenters. The maximum atomic E-state index is 14.0. The van der Waals surface area contributed by atoms with Crippen LogP contribution in [-0.4, -0.2) is 50.5 Å². The Bertz CT molecular complexity index is 1370. The Morgan fingerprint density at radius 1 is 0.921 bits per heavy atom. The first kappa shape index (κ1) is 29.5. The molecule has 1 atom stereocenters. The van der Waals surface area contributed by atoms with Crippen LogP contribution in [-0.2, 0) is 32.6 Å². The van der Waals surface area contributed by atoms with Crippen molar-refractivity contribution in [2.24, 2.45) is 0 Å². The largest absolute Gasteiger partial charge is 0.355 e. The van der Waals surface area contributed by atoms with E-state index in [2.05, 4.69) is 5.32 Å². The van der Waals surface area contributed by atoms with Crippen LogP contribution in [0.4, 0.5) is 5.69 Å². The summed E-state index contributed by atoms with van der Waals surface area (Å²) < 4.78 is 26.8. The molecule has 3 aromatic carbocycles. The van der Waals surface area contributed by atoms with E-state index < -0.39 is 28.5 Å². The fourth-order valence-corrected chi connectivity index (χ4v) is 5.27. The van der Waals surface area contributed by atoms with E-state index in [1.165, 1.54) is 11.0 Å². The lowest BCUT2D eigenvalue weighted by atomic mass is 10.0. The Morgan fingerprint density at radius 2 is 1.55 bits per heavy atom. The maximum Gasteiger partial charge on any atom is 0.244 e. The molecule has 38 heavy (non-hydrogen) atoms. The van der Waals surface area contributed by atoms with Gasteiger partial charge in [0.25, 0.3) is 0 Å². The second-order valence-electron chi connectivity index (χ2n) is 8.95. The number of amides is 2. The number of rotatable bonds is 11. The highest BCUT2D eigenvalue weighted by atomic mass is 35.5. The first-order valence-corrected chi connectivity index (χ1v) is 14.7. The number of benzene rings is 3. The minimum Gasteiger partial charge on any atom is -0.355 e. The minimum atomic E-state index is -3.87. The SMILES string of the molecule is CCNC(=O)[C@H](Cc1ccccc1)N(Cc1ccc(Cl)cc1)C(=O)CN(c1cc(Cl)ccc1C)S(C)(=O)=O. The van der Waals surface area contributed by atoms with Gasteiger partial charge in [0.05, 0.1) is 11.9 Å². The predicted molar refractivity (Wildman–Crippen MR) is 153 cm³/mol. The molecule has 0 aliphatic rings. The van der Waals surface area contributed by atoms with Crippen LogP contribution in [0.5, 0.6) is 0 Å². The summed E-state index contributed by atoms with van der Waals surface area (Å²) in [6.45, 7) is 3.50. The van der Waals surface area contributed by atoms with Gasteiger partial charge < -0.3 is 10.2 Å². The van der Waals surface area contributed by atoms with E-state index in [4.69, 9.17) is 23.2 Å². The van der Waals surface area contributed by atoms with E-state index in [9.17, 15) is 18.0 Å². The average molecular weight is 577 g/mol. The number of carbonyl (C=O) groups is 2. The lowest BCUT2D eigenvalue weighted by molar-refractivity contribution is -0.140. The molecule has 0 heterocycles. The van der Waals surface area contributed by atoms with Crippen molar-refractivity contribution < 1.29 is 18.0 Å². The molecule has 0 aliphatic carbocycles. The predicted octanol–water partition coefficient (Wildman–Crippen LogP) is 4.84. The molecule has 0 saturated heterocycles. The second kappa shape index (κ2) is 13.1. The molecule has 202 valence electrons. The van der Waals surface area contributed by atoms with Crippen LogP contribution >= 0.6 is 23.2 Å². The monoisotopic (exact) mass is 575 g/mol. The number of nitrogens with zero attached hydrogens (tertiary/aromatic N) is 2. The van der Waals surface area contributed by atoms with Gasteiger partial charge in [-0.3, -0.25) is 13.9 Å². The van der Waals surface area contributed by atoms with Gasteiger partial charge in [-0.1, -0.05) is 71.7 Å². The van der Waals surface area contributed by atoms with Crippen LogP contribution in [0.3, 0.4) is 0 Å². The quantitative estimate of drug-likeness (QED) is 0.354. The fourth-order valence-electron chi connectivity index (χ4n) is 4.08. The summed E-state index contributed by atoms with van der Waals surface area (Å²) in [4.78, 5) is 28.7. The van der Waals surface area contributed by atoms with Gasteiger partial charge in [-0.25, -0.2) is 8.42 Å². The molecule has 0 bridgehead atoms. The van der Waals surface area contributed by atoms with Gasteiger partial charge in [0.2, 0.25) is 21.8 Å². The Kier molecular flexibility index (Phi) is 10.2. The lowest BCUT2D eigenvalue weighted by Gasteiger charge is -2.33. The Morgan fingerprint density at radius 3 is 2.16 bits per heavy atom. The number of likely N-dealkylation sites (N-methyl/N-ethyl adjacent to an activating group) is 1. The highest BCUT2D eigenvalue weighted by Crippen LogP contribution is 2.27. The molecule has 0 aliphatic heterocycles. The van der Waals surface area contributed by atoms with Crippen molar-refractivity contribution in [2.45, 2.75) is 32.9 Å². The summed E-state index contributed by atoms with van der Waals surface area (Å²) in [6, 6.07) is 20.3. The van der Waals surface area contributed by atoms with Crippen molar-refractivity contribution in [2.75, 3.05) is 23.7 Å². The van der Waals surface area contributed by atoms with E-state index in [0.29, 0.717) is 27.8 Å². The van der Waals surface area contributed by atoms with Crippen molar-refractivity contribution in [3.63, 3.8) is 0 Å².